The molecular weight excluding hydrogens is 198 g/mol. The van der Waals surface area contributed by atoms with Crippen molar-refractivity contribution in [1.29, 1.82) is 0 Å². The summed E-state index contributed by atoms with van der Waals surface area (Å²) in [7, 11) is 1.95. The molecule has 1 unspecified atom stereocenters. The molecule has 3 nitrogen and oxygen atoms in total. The molecule has 0 aliphatic heterocycles. The first-order valence-electron chi connectivity index (χ1n) is 5.44. The Balaban J connectivity index is 2.44. The summed E-state index contributed by atoms with van der Waals surface area (Å²) in [6.45, 7) is 4.03. The van der Waals surface area contributed by atoms with E-state index in [4.69, 9.17) is 5.73 Å². The van der Waals surface area contributed by atoms with Gasteiger partial charge in [-0.1, -0.05) is 29.8 Å². The first kappa shape index (κ1) is 10.9. The van der Waals surface area contributed by atoms with Gasteiger partial charge in [0.25, 0.3) is 0 Å². The normalized spacial score (nSPS) is 12.8. The first-order chi connectivity index (χ1) is 7.58. The van der Waals surface area contributed by atoms with E-state index in [1.807, 2.05) is 18.7 Å². The van der Waals surface area contributed by atoms with E-state index < -0.39 is 0 Å². The summed E-state index contributed by atoms with van der Waals surface area (Å²) in [4.78, 5) is 0. The Labute approximate surface area is 95.9 Å². The van der Waals surface area contributed by atoms with E-state index in [0.717, 1.165) is 11.4 Å². The van der Waals surface area contributed by atoms with Crippen LogP contribution in [0.15, 0.2) is 30.3 Å². The summed E-state index contributed by atoms with van der Waals surface area (Å²) < 4.78 is 1.88. The van der Waals surface area contributed by atoms with E-state index in [1.54, 1.807) is 0 Å². The molecule has 1 heterocycles. The number of aromatic nitrogens is 2. The maximum atomic E-state index is 5.82. The van der Waals surface area contributed by atoms with Crippen LogP contribution >= 0.6 is 0 Å². The molecule has 0 fully saturated rings. The Bertz CT molecular complexity index is 480. The SMILES string of the molecule is Cc1ccc(-c2cc(C(C)N)nn2C)cc1. The number of nitrogens with two attached hydrogens (primary N) is 1. The molecule has 2 N–H and O–H groups in total. The molecule has 0 radical (unpaired) electrons. The van der Waals surface area contributed by atoms with Crippen molar-refractivity contribution in [2.45, 2.75) is 19.9 Å². The van der Waals surface area contributed by atoms with E-state index in [-0.39, 0.29) is 6.04 Å². The Morgan fingerprint density at radius 2 is 1.88 bits per heavy atom. The number of hydrogen-bond acceptors (Lipinski definition) is 2. The third kappa shape index (κ3) is 1.99. The minimum atomic E-state index is -0.0228. The van der Waals surface area contributed by atoms with Gasteiger partial charge in [0, 0.05) is 13.1 Å². The maximum Gasteiger partial charge on any atom is 0.0795 e. The van der Waals surface area contributed by atoms with E-state index in [0.29, 0.717) is 0 Å². The largest absolute Gasteiger partial charge is 0.323 e. The molecule has 0 bridgehead atoms. The average Bonchev–Trinajstić information content (AvgIpc) is 2.62. The van der Waals surface area contributed by atoms with Crippen LogP contribution in [0.1, 0.15) is 24.2 Å². The van der Waals surface area contributed by atoms with Crippen LogP contribution in [-0.4, -0.2) is 9.78 Å². The minimum absolute atomic E-state index is 0.0228. The van der Waals surface area contributed by atoms with Crippen molar-refractivity contribution in [2.24, 2.45) is 12.8 Å². The van der Waals surface area contributed by atoms with Crippen molar-refractivity contribution < 1.29 is 0 Å². The lowest BCUT2D eigenvalue weighted by atomic mass is 10.1. The summed E-state index contributed by atoms with van der Waals surface area (Å²) in [5.41, 5.74) is 10.3. The first-order valence-corrected chi connectivity index (χ1v) is 5.44. The van der Waals surface area contributed by atoms with Gasteiger partial charge in [0.05, 0.1) is 11.4 Å². The van der Waals surface area contributed by atoms with Gasteiger partial charge in [-0.3, -0.25) is 4.68 Å². The van der Waals surface area contributed by atoms with Crippen molar-refractivity contribution in [1.82, 2.24) is 9.78 Å². The van der Waals surface area contributed by atoms with Crippen LogP contribution in [0.5, 0.6) is 0 Å². The second-order valence-electron chi connectivity index (χ2n) is 4.23. The zero-order valence-electron chi connectivity index (χ0n) is 9.94. The lowest BCUT2D eigenvalue weighted by Gasteiger charge is -2.01. The Kier molecular flexibility index (Phi) is 2.79. The summed E-state index contributed by atoms with van der Waals surface area (Å²) >= 11 is 0. The highest BCUT2D eigenvalue weighted by molar-refractivity contribution is 5.60. The molecule has 84 valence electrons. The molecule has 0 saturated heterocycles. The predicted octanol–water partition coefficient (Wildman–Crippen LogP) is 2.42. The Morgan fingerprint density at radius 1 is 1.25 bits per heavy atom. The quantitative estimate of drug-likeness (QED) is 0.836. The van der Waals surface area contributed by atoms with Crippen LogP contribution < -0.4 is 5.73 Å². The van der Waals surface area contributed by atoms with Gasteiger partial charge in [-0.2, -0.15) is 5.10 Å². The molecule has 0 amide bonds. The van der Waals surface area contributed by atoms with Gasteiger partial charge in [-0.15, -0.1) is 0 Å². The predicted molar refractivity (Wildman–Crippen MR) is 66.0 cm³/mol. The molecule has 1 atom stereocenters. The summed E-state index contributed by atoms with van der Waals surface area (Å²) in [5.74, 6) is 0. The van der Waals surface area contributed by atoms with E-state index in [9.17, 15) is 0 Å². The standard InChI is InChI=1S/C13H17N3/c1-9-4-6-11(7-5-9)13-8-12(10(2)14)15-16(13)3/h4-8,10H,14H2,1-3H3. The van der Waals surface area contributed by atoms with E-state index in [2.05, 4.69) is 42.4 Å². The Morgan fingerprint density at radius 3 is 2.38 bits per heavy atom. The average molecular weight is 215 g/mol. The molecule has 1 aromatic carbocycles. The Hall–Kier alpha value is -1.61. The van der Waals surface area contributed by atoms with Gasteiger partial charge in [0.2, 0.25) is 0 Å². The number of benzene rings is 1. The lowest BCUT2D eigenvalue weighted by Crippen LogP contribution is -2.06. The number of aryl methyl sites for hydroxylation is 2. The fourth-order valence-corrected chi connectivity index (χ4v) is 1.71. The molecule has 0 aliphatic rings. The molecule has 0 spiro atoms. The third-order valence-corrected chi connectivity index (χ3v) is 2.71. The van der Waals surface area contributed by atoms with Crippen molar-refractivity contribution >= 4 is 0 Å². The highest BCUT2D eigenvalue weighted by Crippen LogP contribution is 2.22. The zero-order chi connectivity index (χ0) is 11.7. The molecule has 3 heteroatoms. The van der Waals surface area contributed by atoms with Gasteiger partial charge >= 0.3 is 0 Å². The van der Waals surface area contributed by atoms with Gasteiger partial charge < -0.3 is 5.73 Å². The second-order valence-corrected chi connectivity index (χ2v) is 4.23. The zero-order valence-corrected chi connectivity index (χ0v) is 9.94. The number of rotatable bonds is 2. The minimum Gasteiger partial charge on any atom is -0.323 e. The maximum absolute atomic E-state index is 5.82. The van der Waals surface area contributed by atoms with E-state index >= 15 is 0 Å². The summed E-state index contributed by atoms with van der Waals surface area (Å²) in [5, 5.41) is 4.40. The van der Waals surface area contributed by atoms with Crippen LogP contribution in [0.3, 0.4) is 0 Å². The van der Waals surface area contributed by atoms with Crippen LogP contribution in [0.25, 0.3) is 11.3 Å². The smallest absolute Gasteiger partial charge is 0.0795 e. The monoisotopic (exact) mass is 215 g/mol. The van der Waals surface area contributed by atoms with Crippen molar-refractivity contribution in [2.75, 3.05) is 0 Å². The molecule has 2 aromatic rings. The van der Waals surface area contributed by atoms with Crippen molar-refractivity contribution in [3.05, 3.63) is 41.6 Å². The molecule has 1 aromatic heterocycles. The fourth-order valence-electron chi connectivity index (χ4n) is 1.71. The molecular formula is C13H17N3. The van der Waals surface area contributed by atoms with Crippen molar-refractivity contribution in [3.8, 4) is 11.3 Å². The van der Waals surface area contributed by atoms with Crippen LogP contribution in [0, 0.1) is 6.92 Å². The summed E-state index contributed by atoms with van der Waals surface area (Å²) in [6.07, 6.45) is 0. The second kappa shape index (κ2) is 4.10. The third-order valence-electron chi connectivity index (χ3n) is 2.71. The molecule has 2 rings (SSSR count). The molecule has 0 saturated carbocycles. The van der Waals surface area contributed by atoms with Gasteiger partial charge in [-0.05, 0) is 25.5 Å². The van der Waals surface area contributed by atoms with Gasteiger partial charge in [0.15, 0.2) is 0 Å². The topological polar surface area (TPSA) is 43.8 Å². The van der Waals surface area contributed by atoms with Crippen LogP contribution in [0.4, 0.5) is 0 Å². The number of hydrogen-bond donors (Lipinski definition) is 1. The lowest BCUT2D eigenvalue weighted by molar-refractivity contribution is 0.702. The summed E-state index contributed by atoms with van der Waals surface area (Å²) in [6, 6.07) is 10.5. The molecule has 0 aliphatic carbocycles. The fraction of sp³-hybridized carbons (Fsp3) is 0.308. The van der Waals surface area contributed by atoms with Crippen LogP contribution in [-0.2, 0) is 7.05 Å². The number of nitrogens with zero attached hydrogens (tertiary/aromatic N) is 2. The van der Waals surface area contributed by atoms with E-state index in [1.165, 1.54) is 11.1 Å². The van der Waals surface area contributed by atoms with Gasteiger partial charge in [-0.25, -0.2) is 0 Å². The van der Waals surface area contributed by atoms with Gasteiger partial charge in [0.1, 0.15) is 0 Å². The highest BCUT2D eigenvalue weighted by atomic mass is 15.3. The molecule has 16 heavy (non-hydrogen) atoms. The van der Waals surface area contributed by atoms with Crippen LogP contribution in [0.2, 0.25) is 0 Å². The van der Waals surface area contributed by atoms with Crippen molar-refractivity contribution in [3.63, 3.8) is 0 Å². The highest BCUT2D eigenvalue weighted by Gasteiger charge is 2.09.